The number of nitrogens with two attached hydrogens (primary N) is 1. The smallest absolute Gasteiger partial charge is 0.550 e. The molecule has 2 N–H and O–H groups in total. The van der Waals surface area contributed by atoms with Gasteiger partial charge in [0.1, 0.15) is 0 Å². The Labute approximate surface area is 138 Å². The van der Waals surface area contributed by atoms with E-state index in [0.717, 1.165) is 0 Å². The molecular weight excluding hydrogens is 265 g/mol. The van der Waals surface area contributed by atoms with Gasteiger partial charge in [-0.3, -0.25) is 4.79 Å². The van der Waals surface area contributed by atoms with E-state index >= 15 is 0 Å². The number of rotatable bonds is 4. The van der Waals surface area contributed by atoms with Gasteiger partial charge in [-0.15, -0.1) is 0 Å². The van der Waals surface area contributed by atoms with Gasteiger partial charge < -0.3 is 15.6 Å². The van der Waals surface area contributed by atoms with E-state index in [-0.39, 0.29) is 53.0 Å². The van der Waals surface area contributed by atoms with E-state index in [4.69, 9.17) is 5.73 Å². The van der Waals surface area contributed by atoms with Crippen LogP contribution in [-0.2, 0) is 11.2 Å². The number of benzene rings is 2. The average molecular weight is 277 g/mol. The molecule has 0 spiro atoms. The van der Waals surface area contributed by atoms with Gasteiger partial charge in [0.25, 0.3) is 0 Å². The molecule has 0 aliphatic rings. The predicted octanol–water partition coefficient (Wildman–Crippen LogP) is -2.20. The molecule has 0 aliphatic heterocycles. The van der Waals surface area contributed by atoms with Crippen LogP contribution in [-0.4, -0.2) is 11.8 Å². The molecule has 0 atom stereocenters. The zero-order valence-corrected chi connectivity index (χ0v) is 13.1. The minimum atomic E-state index is -1.24. The summed E-state index contributed by atoms with van der Waals surface area (Å²) in [4.78, 5) is 23.1. The van der Waals surface area contributed by atoms with Crippen molar-refractivity contribution in [2.45, 2.75) is 6.42 Å². The molecule has 20 heavy (non-hydrogen) atoms. The van der Waals surface area contributed by atoms with Gasteiger partial charge in [0.2, 0.25) is 0 Å². The van der Waals surface area contributed by atoms with E-state index in [1.165, 1.54) is 0 Å². The van der Waals surface area contributed by atoms with E-state index in [9.17, 15) is 14.7 Å². The zero-order valence-electron chi connectivity index (χ0n) is 11.1. The van der Waals surface area contributed by atoms with Crippen molar-refractivity contribution in [2.75, 3.05) is 5.73 Å². The Morgan fingerprint density at radius 3 is 2.25 bits per heavy atom. The molecule has 2 rings (SSSR count). The summed E-state index contributed by atoms with van der Waals surface area (Å²) in [6, 6.07) is 13.4. The minimum Gasteiger partial charge on any atom is -0.550 e. The molecule has 0 aliphatic carbocycles. The van der Waals surface area contributed by atoms with Crippen molar-refractivity contribution in [1.82, 2.24) is 0 Å². The van der Waals surface area contributed by atoms with E-state index in [0.29, 0.717) is 11.1 Å². The predicted molar refractivity (Wildman–Crippen MR) is 69.4 cm³/mol. The molecule has 0 bridgehead atoms. The van der Waals surface area contributed by atoms with Crippen molar-refractivity contribution in [3.8, 4) is 0 Å². The third-order valence-electron chi connectivity index (χ3n) is 2.78. The molecule has 0 unspecified atom stereocenters. The van der Waals surface area contributed by atoms with Crippen LogP contribution in [0.1, 0.15) is 21.5 Å². The molecule has 5 heteroatoms. The fraction of sp³-hybridized carbons (Fsp3) is 0.0667. The Kier molecular flexibility index (Phi) is 5.95. The Morgan fingerprint density at radius 1 is 1.00 bits per heavy atom. The molecule has 0 fully saturated rings. The fourth-order valence-electron chi connectivity index (χ4n) is 1.93. The van der Waals surface area contributed by atoms with Crippen LogP contribution in [0.5, 0.6) is 0 Å². The van der Waals surface area contributed by atoms with Crippen LogP contribution in [0.15, 0.2) is 48.5 Å². The van der Waals surface area contributed by atoms with E-state index in [1.807, 2.05) is 0 Å². The minimum absolute atomic E-state index is 0. The van der Waals surface area contributed by atoms with E-state index in [2.05, 4.69) is 0 Å². The van der Waals surface area contributed by atoms with Gasteiger partial charge in [-0.1, -0.05) is 42.5 Å². The molecule has 0 heterocycles. The number of aliphatic carboxylic acids is 1. The summed E-state index contributed by atoms with van der Waals surface area (Å²) in [6.07, 6.45) is -0.334. The SMILES string of the molecule is Nc1cccc(CC(=O)[O-])c1C(=O)c1ccccc1.[Na+]. The molecule has 0 radical (unpaired) electrons. The van der Waals surface area contributed by atoms with Gasteiger partial charge in [0.05, 0.1) is 0 Å². The number of anilines is 1. The average Bonchev–Trinajstić information content (AvgIpc) is 2.38. The van der Waals surface area contributed by atoms with Crippen molar-refractivity contribution in [1.29, 1.82) is 0 Å². The Balaban J connectivity index is 0.00000200. The first kappa shape index (κ1) is 16.4. The maximum absolute atomic E-state index is 12.4. The first-order valence-electron chi connectivity index (χ1n) is 5.76. The first-order valence-corrected chi connectivity index (χ1v) is 5.76. The number of carboxylic acid groups (broad SMARTS) is 1. The number of ketones is 1. The van der Waals surface area contributed by atoms with Gasteiger partial charge >= 0.3 is 29.6 Å². The van der Waals surface area contributed by atoms with Crippen molar-refractivity contribution in [2.24, 2.45) is 0 Å². The molecule has 0 aromatic heterocycles. The Hall–Kier alpha value is -1.62. The third kappa shape index (κ3) is 3.70. The summed E-state index contributed by atoms with van der Waals surface area (Å²) in [5.41, 5.74) is 7.15. The Morgan fingerprint density at radius 2 is 1.65 bits per heavy atom. The summed E-state index contributed by atoms with van der Waals surface area (Å²) < 4.78 is 0. The summed E-state index contributed by atoms with van der Waals surface area (Å²) >= 11 is 0. The van der Waals surface area contributed by atoms with Crippen molar-refractivity contribution in [3.63, 3.8) is 0 Å². The normalized spacial score (nSPS) is 9.60. The maximum Gasteiger partial charge on any atom is 1.00 e. The molecule has 96 valence electrons. The quantitative estimate of drug-likeness (QED) is 0.390. The van der Waals surface area contributed by atoms with Crippen LogP contribution in [0.25, 0.3) is 0 Å². The first-order chi connectivity index (χ1) is 9.09. The van der Waals surface area contributed by atoms with Crippen LogP contribution >= 0.6 is 0 Å². The second kappa shape index (κ2) is 7.24. The summed E-state index contributed by atoms with van der Waals surface area (Å²) in [7, 11) is 0. The molecule has 2 aromatic carbocycles. The summed E-state index contributed by atoms with van der Waals surface area (Å²) in [5.74, 6) is -1.53. The largest absolute Gasteiger partial charge is 1.00 e. The van der Waals surface area contributed by atoms with Crippen LogP contribution in [0.2, 0.25) is 0 Å². The zero-order chi connectivity index (χ0) is 13.8. The topological polar surface area (TPSA) is 83.2 Å². The van der Waals surface area contributed by atoms with Crippen molar-refractivity contribution < 1.29 is 44.3 Å². The fourth-order valence-corrected chi connectivity index (χ4v) is 1.93. The second-order valence-electron chi connectivity index (χ2n) is 4.13. The summed E-state index contributed by atoms with van der Waals surface area (Å²) in [6.45, 7) is 0. The number of carbonyl (C=O) groups is 2. The van der Waals surface area contributed by atoms with Gasteiger partial charge in [0, 0.05) is 29.2 Å². The van der Waals surface area contributed by atoms with E-state index in [1.54, 1.807) is 48.5 Å². The number of nitrogen functional groups attached to an aromatic ring is 1. The van der Waals surface area contributed by atoms with E-state index < -0.39 is 5.97 Å². The number of hydrogen-bond acceptors (Lipinski definition) is 4. The Bertz CT molecular complexity index is 626. The molecular formula is C15H12NNaO3. The van der Waals surface area contributed by atoms with Crippen LogP contribution in [0, 0.1) is 0 Å². The molecule has 0 saturated heterocycles. The van der Waals surface area contributed by atoms with Gasteiger partial charge in [-0.05, 0) is 11.6 Å². The van der Waals surface area contributed by atoms with Crippen LogP contribution in [0.4, 0.5) is 5.69 Å². The number of carboxylic acids is 1. The molecule has 0 saturated carbocycles. The van der Waals surface area contributed by atoms with Crippen molar-refractivity contribution >= 4 is 17.4 Å². The van der Waals surface area contributed by atoms with Crippen LogP contribution < -0.4 is 40.4 Å². The monoisotopic (exact) mass is 277 g/mol. The van der Waals surface area contributed by atoms with Gasteiger partial charge in [-0.25, -0.2) is 0 Å². The molecule has 2 aromatic rings. The van der Waals surface area contributed by atoms with Gasteiger partial charge in [0.15, 0.2) is 5.78 Å². The van der Waals surface area contributed by atoms with Crippen molar-refractivity contribution in [3.05, 3.63) is 65.2 Å². The summed E-state index contributed by atoms with van der Waals surface area (Å²) in [5, 5.41) is 10.7. The molecule has 0 amide bonds. The third-order valence-corrected chi connectivity index (χ3v) is 2.78. The standard InChI is InChI=1S/C15H13NO3.Na/c16-12-8-4-7-11(9-13(17)18)14(12)15(19)10-5-2-1-3-6-10;/h1-8H,9,16H2,(H,17,18);/q;+1/p-1. The van der Waals surface area contributed by atoms with Gasteiger partial charge in [-0.2, -0.15) is 0 Å². The molecule has 4 nitrogen and oxygen atoms in total. The number of hydrogen-bond donors (Lipinski definition) is 1. The maximum atomic E-state index is 12.4. The number of carbonyl (C=O) groups excluding carboxylic acids is 2. The van der Waals surface area contributed by atoms with Crippen LogP contribution in [0.3, 0.4) is 0 Å². The second-order valence-corrected chi connectivity index (χ2v) is 4.13.